The van der Waals surface area contributed by atoms with Gasteiger partial charge in [-0.15, -0.1) is 0 Å². The molecule has 6 nitrogen and oxygen atoms in total. The molecule has 1 spiro atoms. The number of ketones is 2. The second kappa shape index (κ2) is 5.20. The van der Waals surface area contributed by atoms with Gasteiger partial charge >= 0.3 is 0 Å². The number of hydrogen-bond donors (Lipinski definition) is 1. The molecule has 6 heteroatoms. The third-order valence-corrected chi connectivity index (χ3v) is 6.12. The molecular weight excluding hydrogens is 344 g/mol. The van der Waals surface area contributed by atoms with Crippen LogP contribution in [0.25, 0.3) is 0 Å². The molecule has 2 heterocycles. The van der Waals surface area contributed by atoms with Crippen LogP contribution in [-0.2, 0) is 9.59 Å². The number of rotatable bonds is 1. The number of imide groups is 1. The summed E-state index contributed by atoms with van der Waals surface area (Å²) in [5.41, 5.74) is -0.418. The second-order valence-corrected chi connectivity index (χ2v) is 7.45. The molecule has 1 aliphatic carbocycles. The number of amides is 2. The lowest BCUT2D eigenvalue weighted by atomic mass is 9.77. The first kappa shape index (κ1) is 16.1. The number of Topliss-reactive ketones (excluding diaryl/α,β-unsaturated/α-hetero) is 2. The Hall–Kier alpha value is -3.12. The van der Waals surface area contributed by atoms with Crippen molar-refractivity contribution in [3.8, 4) is 0 Å². The van der Waals surface area contributed by atoms with Crippen LogP contribution in [0.1, 0.15) is 27.6 Å². The van der Waals surface area contributed by atoms with Crippen LogP contribution < -0.4 is 10.2 Å². The summed E-state index contributed by atoms with van der Waals surface area (Å²) >= 11 is 0. The number of carbonyl (C=O) groups is 4. The first-order chi connectivity index (χ1) is 13.0. The Morgan fingerprint density at radius 1 is 0.815 bits per heavy atom. The molecular formula is C21H17N2O4+. The highest BCUT2D eigenvalue weighted by Gasteiger charge is 2.76. The molecule has 0 bridgehead atoms. The van der Waals surface area contributed by atoms with Gasteiger partial charge in [0.15, 0.2) is 0 Å². The molecule has 5 rings (SSSR count). The Bertz CT molecular complexity index is 994. The number of para-hydroxylation sites is 1. The van der Waals surface area contributed by atoms with Gasteiger partial charge in [0.05, 0.1) is 11.7 Å². The maximum absolute atomic E-state index is 13.3. The van der Waals surface area contributed by atoms with Gasteiger partial charge in [0.25, 0.3) is 0 Å². The zero-order valence-corrected chi connectivity index (χ0v) is 14.6. The fourth-order valence-electron chi connectivity index (χ4n) is 5.01. The highest BCUT2D eigenvalue weighted by Crippen LogP contribution is 2.45. The van der Waals surface area contributed by atoms with Gasteiger partial charge in [0.1, 0.15) is 11.8 Å². The van der Waals surface area contributed by atoms with Gasteiger partial charge < -0.3 is 5.32 Å². The molecule has 2 N–H and O–H groups in total. The summed E-state index contributed by atoms with van der Waals surface area (Å²) in [4.78, 5) is 54.1. The SMILES string of the molecule is C[C@@H]1[NH2+]C2(C(=O)c3ccccc3C2=O)[C@@H]2C(=O)N(c3ccccc3)C(=O)[C@H]12. The standard InChI is InChI=1S/C21H16N2O4/c1-11-15-16(20(27)23(19(15)26)12-7-3-2-4-8-12)21(22-11)17(24)13-9-5-6-10-14(13)18(21)25/h2-11,15-16,22H,1H3/p+1/t11-,15+,16-/m0/s1. The van der Waals surface area contributed by atoms with E-state index < -0.39 is 23.3 Å². The van der Waals surface area contributed by atoms with Crippen molar-refractivity contribution >= 4 is 29.1 Å². The van der Waals surface area contributed by atoms with Crippen molar-refractivity contribution in [2.24, 2.45) is 11.8 Å². The predicted molar refractivity (Wildman–Crippen MR) is 95.1 cm³/mol. The summed E-state index contributed by atoms with van der Waals surface area (Å²) in [5.74, 6) is -3.20. The number of nitrogens with zero attached hydrogens (tertiary/aromatic N) is 1. The van der Waals surface area contributed by atoms with E-state index in [9.17, 15) is 19.2 Å². The lowest BCUT2D eigenvalue weighted by Crippen LogP contribution is -3.01. The number of hydrogen-bond acceptors (Lipinski definition) is 4. The topological polar surface area (TPSA) is 88.1 Å². The van der Waals surface area contributed by atoms with Crippen molar-refractivity contribution in [3.05, 3.63) is 65.7 Å². The zero-order valence-electron chi connectivity index (χ0n) is 14.6. The van der Waals surface area contributed by atoms with Crippen LogP contribution >= 0.6 is 0 Å². The third-order valence-electron chi connectivity index (χ3n) is 6.12. The zero-order chi connectivity index (χ0) is 18.9. The van der Waals surface area contributed by atoms with Gasteiger partial charge in [-0.3, -0.25) is 19.2 Å². The minimum atomic E-state index is -1.57. The summed E-state index contributed by atoms with van der Waals surface area (Å²) in [6.45, 7) is 1.80. The lowest BCUT2D eigenvalue weighted by Gasteiger charge is -2.24. The number of fused-ring (bicyclic) bond motifs is 3. The van der Waals surface area contributed by atoms with Crippen LogP contribution in [0, 0.1) is 11.8 Å². The van der Waals surface area contributed by atoms with Crippen molar-refractivity contribution in [3.63, 3.8) is 0 Å². The lowest BCUT2D eigenvalue weighted by molar-refractivity contribution is -0.707. The number of anilines is 1. The van der Waals surface area contributed by atoms with Gasteiger partial charge in [-0.2, -0.15) is 0 Å². The van der Waals surface area contributed by atoms with E-state index in [-0.39, 0.29) is 23.5 Å². The summed E-state index contributed by atoms with van der Waals surface area (Å²) in [5, 5.41) is 1.64. The van der Waals surface area contributed by atoms with E-state index in [0.717, 1.165) is 4.90 Å². The number of carbonyl (C=O) groups excluding carboxylic acids is 4. The van der Waals surface area contributed by atoms with E-state index in [0.29, 0.717) is 16.8 Å². The molecule has 134 valence electrons. The molecule has 0 saturated carbocycles. The summed E-state index contributed by atoms with van der Waals surface area (Å²) in [6, 6.07) is 15.0. The van der Waals surface area contributed by atoms with Crippen molar-refractivity contribution in [1.29, 1.82) is 0 Å². The fraction of sp³-hybridized carbons (Fsp3) is 0.238. The smallest absolute Gasteiger partial charge is 0.245 e. The maximum atomic E-state index is 13.3. The molecule has 2 aromatic carbocycles. The Morgan fingerprint density at radius 3 is 1.96 bits per heavy atom. The largest absolute Gasteiger partial charge is 0.325 e. The molecule has 2 saturated heterocycles. The van der Waals surface area contributed by atoms with Gasteiger partial charge in [-0.05, 0) is 19.1 Å². The highest BCUT2D eigenvalue weighted by molar-refractivity contribution is 6.36. The monoisotopic (exact) mass is 361 g/mol. The first-order valence-electron chi connectivity index (χ1n) is 8.96. The number of quaternary nitrogens is 1. The Labute approximate surface area is 155 Å². The Morgan fingerprint density at radius 2 is 1.37 bits per heavy atom. The normalized spacial score (nSPS) is 28.2. The molecule has 3 aliphatic rings. The van der Waals surface area contributed by atoms with Crippen LogP contribution in [0.2, 0.25) is 0 Å². The summed E-state index contributed by atoms with van der Waals surface area (Å²) in [7, 11) is 0. The third kappa shape index (κ3) is 1.78. The average molecular weight is 361 g/mol. The van der Waals surface area contributed by atoms with Crippen LogP contribution in [0.5, 0.6) is 0 Å². The van der Waals surface area contributed by atoms with Crippen molar-refractivity contribution in [1.82, 2.24) is 0 Å². The molecule has 2 amide bonds. The molecule has 0 aromatic heterocycles. The summed E-state index contributed by atoms with van der Waals surface area (Å²) in [6.07, 6.45) is 0. The van der Waals surface area contributed by atoms with Gasteiger partial charge in [-0.1, -0.05) is 42.5 Å². The number of benzene rings is 2. The minimum absolute atomic E-state index is 0.338. The van der Waals surface area contributed by atoms with Crippen LogP contribution in [-0.4, -0.2) is 35.0 Å². The van der Waals surface area contributed by atoms with E-state index in [1.165, 1.54) is 0 Å². The van der Waals surface area contributed by atoms with E-state index in [2.05, 4.69) is 0 Å². The molecule has 0 radical (unpaired) electrons. The van der Waals surface area contributed by atoms with E-state index in [1.807, 2.05) is 0 Å². The molecule has 2 aromatic rings. The van der Waals surface area contributed by atoms with Crippen molar-refractivity contribution in [2.75, 3.05) is 4.90 Å². The Balaban J connectivity index is 1.67. The van der Waals surface area contributed by atoms with E-state index in [1.54, 1.807) is 66.8 Å². The van der Waals surface area contributed by atoms with Crippen LogP contribution in [0.4, 0.5) is 5.69 Å². The van der Waals surface area contributed by atoms with E-state index >= 15 is 0 Å². The molecule has 2 aliphatic heterocycles. The summed E-state index contributed by atoms with van der Waals surface area (Å²) < 4.78 is 0. The van der Waals surface area contributed by atoms with Gasteiger partial charge in [0.2, 0.25) is 28.9 Å². The number of nitrogens with two attached hydrogens (primary N) is 1. The average Bonchev–Trinajstić information content (AvgIpc) is 3.22. The molecule has 3 atom stereocenters. The van der Waals surface area contributed by atoms with Crippen molar-refractivity contribution in [2.45, 2.75) is 18.5 Å². The highest BCUT2D eigenvalue weighted by atomic mass is 16.2. The fourth-order valence-corrected chi connectivity index (χ4v) is 5.01. The van der Waals surface area contributed by atoms with E-state index in [4.69, 9.17) is 0 Å². The maximum Gasteiger partial charge on any atom is 0.245 e. The van der Waals surface area contributed by atoms with Crippen molar-refractivity contribution < 1.29 is 24.5 Å². The Kier molecular flexibility index (Phi) is 3.10. The molecule has 2 fully saturated rings. The van der Waals surface area contributed by atoms with Crippen LogP contribution in [0.15, 0.2) is 54.6 Å². The van der Waals surface area contributed by atoms with Gasteiger partial charge in [0, 0.05) is 11.1 Å². The van der Waals surface area contributed by atoms with Gasteiger partial charge in [-0.25, -0.2) is 4.90 Å². The molecule has 27 heavy (non-hydrogen) atoms. The second-order valence-electron chi connectivity index (χ2n) is 7.45. The quantitative estimate of drug-likeness (QED) is 0.594. The first-order valence-corrected chi connectivity index (χ1v) is 8.96. The predicted octanol–water partition coefficient (Wildman–Crippen LogP) is 0.576. The molecule has 0 unspecified atom stereocenters. The van der Waals surface area contributed by atoms with Crippen LogP contribution in [0.3, 0.4) is 0 Å². The minimum Gasteiger partial charge on any atom is -0.325 e.